The van der Waals surface area contributed by atoms with Gasteiger partial charge in [-0.05, 0) is 17.7 Å². The van der Waals surface area contributed by atoms with Crippen LogP contribution in [0.5, 0.6) is 0 Å². The Morgan fingerprint density at radius 1 is 1.24 bits per heavy atom. The summed E-state index contributed by atoms with van der Waals surface area (Å²) in [4.78, 5) is 15.8. The highest BCUT2D eigenvalue weighted by atomic mass is 35.5. The quantitative estimate of drug-likeness (QED) is 0.781. The van der Waals surface area contributed by atoms with Crippen molar-refractivity contribution >= 4 is 54.5 Å². The van der Waals surface area contributed by atoms with Crippen molar-refractivity contribution in [1.82, 2.24) is 4.98 Å². The van der Waals surface area contributed by atoms with E-state index in [1.54, 1.807) is 36.7 Å². The van der Waals surface area contributed by atoms with Gasteiger partial charge >= 0.3 is 0 Å². The topological polar surface area (TPSA) is 91.9 Å². The highest BCUT2D eigenvalue weighted by molar-refractivity contribution is 6.12. The Kier molecular flexibility index (Phi) is 10.8. The van der Waals surface area contributed by atoms with Crippen LogP contribution in [0.2, 0.25) is 0 Å². The van der Waals surface area contributed by atoms with Crippen LogP contribution < -0.4 is 11.1 Å². The van der Waals surface area contributed by atoms with Gasteiger partial charge in [-0.3, -0.25) is 9.78 Å². The summed E-state index contributed by atoms with van der Waals surface area (Å²) in [5.41, 5.74) is 7.92. The average molecular weight is 352 g/mol. The van der Waals surface area contributed by atoms with Crippen molar-refractivity contribution in [2.45, 2.75) is 6.42 Å². The Bertz CT molecular complexity index is 544. The summed E-state index contributed by atoms with van der Waals surface area (Å²) in [6.07, 6.45) is 6.99. The molecule has 0 saturated heterocycles. The van der Waals surface area contributed by atoms with Crippen LogP contribution in [0.1, 0.15) is 6.42 Å². The van der Waals surface area contributed by atoms with Crippen LogP contribution in [-0.2, 0) is 4.79 Å². The summed E-state index contributed by atoms with van der Waals surface area (Å²) >= 11 is 0. The summed E-state index contributed by atoms with van der Waals surface area (Å²) in [6, 6.07) is 3.43. The molecule has 0 fully saturated rings. The monoisotopic (exact) mass is 350 g/mol. The van der Waals surface area contributed by atoms with E-state index in [0.717, 1.165) is 5.57 Å². The number of hydrogen-bond donors (Lipinski definition) is 3. The van der Waals surface area contributed by atoms with Crippen LogP contribution in [0.3, 0.4) is 0 Å². The molecular formula is C13H17Cl3N4O. The van der Waals surface area contributed by atoms with E-state index in [0.29, 0.717) is 29.9 Å². The van der Waals surface area contributed by atoms with Gasteiger partial charge in [0, 0.05) is 42.3 Å². The lowest BCUT2D eigenvalue weighted by Crippen LogP contribution is -2.21. The number of amides is 1. The van der Waals surface area contributed by atoms with Gasteiger partial charge in [0.1, 0.15) is 0 Å². The molecule has 0 saturated carbocycles. The summed E-state index contributed by atoms with van der Waals surface area (Å²) in [7, 11) is 0. The molecule has 4 N–H and O–H groups in total. The van der Waals surface area contributed by atoms with E-state index in [4.69, 9.17) is 11.1 Å². The molecular weight excluding hydrogens is 335 g/mol. The van der Waals surface area contributed by atoms with Gasteiger partial charge in [0.2, 0.25) is 0 Å². The fraction of sp³-hybridized carbons (Fsp3) is 0.154. The van der Waals surface area contributed by atoms with Crippen molar-refractivity contribution < 1.29 is 4.79 Å². The fourth-order valence-electron chi connectivity index (χ4n) is 1.66. The van der Waals surface area contributed by atoms with Crippen LogP contribution in [0.4, 0.5) is 5.69 Å². The van der Waals surface area contributed by atoms with E-state index in [1.807, 2.05) is 0 Å². The molecule has 0 spiro atoms. The minimum atomic E-state index is -0.196. The number of rotatable bonds is 3. The number of anilines is 1. The van der Waals surface area contributed by atoms with Crippen LogP contribution in [0.15, 0.2) is 47.8 Å². The number of allylic oxidation sites excluding steroid dienone is 2. The predicted molar refractivity (Wildman–Crippen MR) is 92.2 cm³/mol. The maximum Gasteiger partial charge on any atom is 0.251 e. The zero-order valence-electron chi connectivity index (χ0n) is 11.0. The summed E-state index contributed by atoms with van der Waals surface area (Å²) in [5, 5.41) is 10.5. The van der Waals surface area contributed by atoms with Crippen molar-refractivity contribution in [2.24, 2.45) is 5.73 Å². The largest absolute Gasteiger partial charge is 0.326 e. The van der Waals surface area contributed by atoms with Crippen LogP contribution in [0.25, 0.3) is 0 Å². The van der Waals surface area contributed by atoms with E-state index < -0.39 is 0 Å². The predicted octanol–water partition coefficient (Wildman–Crippen LogP) is 2.52. The van der Waals surface area contributed by atoms with Gasteiger partial charge in [0.05, 0.1) is 0 Å². The molecule has 21 heavy (non-hydrogen) atoms. The van der Waals surface area contributed by atoms with Gasteiger partial charge in [0.15, 0.2) is 0 Å². The molecule has 1 amide bonds. The van der Waals surface area contributed by atoms with Crippen molar-refractivity contribution in [2.75, 3.05) is 11.9 Å². The zero-order chi connectivity index (χ0) is 13.0. The molecule has 1 aliphatic rings. The third kappa shape index (κ3) is 5.85. The smallest absolute Gasteiger partial charge is 0.251 e. The average Bonchev–Trinajstić information content (AvgIpc) is 2.39. The number of carbonyl (C=O) groups is 1. The first-order chi connectivity index (χ1) is 8.70. The molecule has 0 aliphatic heterocycles. The lowest BCUT2D eigenvalue weighted by molar-refractivity contribution is -0.112. The van der Waals surface area contributed by atoms with Crippen molar-refractivity contribution in [3.05, 3.63) is 47.8 Å². The molecule has 1 aromatic heterocycles. The van der Waals surface area contributed by atoms with Crippen molar-refractivity contribution in [3.8, 4) is 0 Å². The van der Waals surface area contributed by atoms with E-state index in [9.17, 15) is 4.79 Å². The van der Waals surface area contributed by atoms with E-state index in [-0.39, 0.29) is 43.1 Å². The minimum Gasteiger partial charge on any atom is -0.326 e. The highest BCUT2D eigenvalue weighted by Crippen LogP contribution is 2.16. The maximum atomic E-state index is 12.0. The molecule has 0 bridgehead atoms. The molecule has 0 aromatic carbocycles. The Balaban J connectivity index is 0. The van der Waals surface area contributed by atoms with Gasteiger partial charge in [-0.2, -0.15) is 0 Å². The second kappa shape index (κ2) is 10.3. The van der Waals surface area contributed by atoms with Crippen molar-refractivity contribution in [3.63, 3.8) is 0 Å². The number of nitrogens with two attached hydrogens (primary N) is 1. The number of aromatic nitrogens is 1. The molecule has 0 unspecified atom stereocenters. The first-order valence-corrected chi connectivity index (χ1v) is 5.59. The second-order valence-electron chi connectivity index (χ2n) is 3.93. The van der Waals surface area contributed by atoms with Gasteiger partial charge in [-0.1, -0.05) is 12.2 Å². The number of halogens is 3. The first-order valence-electron chi connectivity index (χ1n) is 5.59. The number of hydrogen-bond acceptors (Lipinski definition) is 4. The Morgan fingerprint density at radius 2 is 1.86 bits per heavy atom. The third-order valence-electron chi connectivity index (χ3n) is 2.69. The van der Waals surface area contributed by atoms with E-state index in [1.165, 1.54) is 0 Å². The number of pyridine rings is 1. The Labute approximate surface area is 141 Å². The summed E-state index contributed by atoms with van der Waals surface area (Å²) in [5.74, 6) is -0.196. The van der Waals surface area contributed by atoms with Gasteiger partial charge < -0.3 is 16.5 Å². The zero-order valence-corrected chi connectivity index (χ0v) is 13.5. The normalized spacial score (nSPS) is 12.7. The molecule has 0 radical (unpaired) electrons. The fourth-order valence-corrected chi connectivity index (χ4v) is 1.66. The molecule has 8 heteroatoms. The number of nitrogens with one attached hydrogen (secondary N) is 2. The summed E-state index contributed by atoms with van der Waals surface area (Å²) < 4.78 is 0. The number of nitrogens with zero attached hydrogens (tertiary/aromatic N) is 1. The molecule has 0 atom stereocenters. The van der Waals surface area contributed by atoms with Crippen LogP contribution in [0, 0.1) is 5.41 Å². The molecule has 2 rings (SSSR count). The minimum absolute atomic E-state index is 0. The standard InChI is InChI=1S/C13H14N4O.3ClH/c14-8-10-2-1-9(7-12(10)15)13(18)17-11-3-5-16-6-4-11;;;/h1-6,15H,7-8,14H2,(H,16,17,18);3*1H. The van der Waals surface area contributed by atoms with Crippen LogP contribution >= 0.6 is 37.2 Å². The highest BCUT2D eigenvalue weighted by Gasteiger charge is 2.16. The maximum absolute atomic E-state index is 12.0. The molecule has 116 valence electrons. The number of carbonyl (C=O) groups excluding carboxylic acids is 1. The Morgan fingerprint density at radius 3 is 2.38 bits per heavy atom. The third-order valence-corrected chi connectivity index (χ3v) is 2.69. The van der Waals surface area contributed by atoms with Crippen molar-refractivity contribution in [1.29, 1.82) is 5.41 Å². The SMILES string of the molecule is Cl.Cl.Cl.N=C1CC(C(=O)Nc2ccncc2)=CC=C1CN. The lowest BCUT2D eigenvalue weighted by Gasteiger charge is -2.14. The second-order valence-corrected chi connectivity index (χ2v) is 3.93. The first kappa shape index (κ1) is 21.9. The summed E-state index contributed by atoms with van der Waals surface area (Å²) in [6.45, 7) is 0.328. The Hall–Kier alpha value is -1.40. The molecule has 1 aromatic rings. The van der Waals surface area contributed by atoms with Gasteiger partial charge in [0.25, 0.3) is 5.91 Å². The van der Waals surface area contributed by atoms with E-state index in [2.05, 4.69) is 10.3 Å². The molecule has 5 nitrogen and oxygen atoms in total. The van der Waals surface area contributed by atoms with Gasteiger partial charge in [-0.15, -0.1) is 37.2 Å². The lowest BCUT2D eigenvalue weighted by atomic mass is 9.96. The van der Waals surface area contributed by atoms with Crippen LogP contribution in [-0.4, -0.2) is 23.1 Å². The molecule has 1 aliphatic carbocycles. The molecule has 1 heterocycles. The van der Waals surface area contributed by atoms with Gasteiger partial charge in [-0.25, -0.2) is 0 Å². The van der Waals surface area contributed by atoms with E-state index >= 15 is 0 Å².